The van der Waals surface area contributed by atoms with Crippen LogP contribution < -0.4 is 20.9 Å². The van der Waals surface area contributed by atoms with E-state index in [0.717, 1.165) is 56.7 Å². The van der Waals surface area contributed by atoms with Crippen LogP contribution in [0.1, 0.15) is 0 Å². The number of sulfonamides is 1. The van der Waals surface area contributed by atoms with Crippen molar-refractivity contribution in [2.24, 2.45) is 0 Å². The summed E-state index contributed by atoms with van der Waals surface area (Å²) in [6.45, 7) is 6.77. The molecule has 0 unspecified atom stereocenters. The Balaban J connectivity index is 1.93. The van der Waals surface area contributed by atoms with Crippen LogP contribution in [0.4, 0.5) is 5.82 Å². The van der Waals surface area contributed by atoms with Gasteiger partial charge in [-0.3, -0.25) is 0 Å². The lowest BCUT2D eigenvalue weighted by Gasteiger charge is -2.25. The van der Waals surface area contributed by atoms with E-state index in [0.29, 0.717) is 16.7 Å². The molecular weight excluding hydrogens is 392 g/mol. The average Bonchev–Trinajstić information content (AvgIpc) is 2.68. The van der Waals surface area contributed by atoms with Gasteiger partial charge in [0.2, 0.25) is 10.0 Å². The van der Waals surface area contributed by atoms with Crippen LogP contribution in [0, 0.1) is 0 Å². The molecule has 3 rings (SSSR count). The van der Waals surface area contributed by atoms with Crippen molar-refractivity contribution < 1.29 is 13.5 Å². The van der Waals surface area contributed by atoms with E-state index in [1.807, 2.05) is 6.07 Å². The van der Waals surface area contributed by atoms with Crippen LogP contribution in [-0.4, -0.2) is 89.3 Å². The third kappa shape index (κ3) is 5.14. The first-order valence-corrected chi connectivity index (χ1v) is 11.3. The fraction of sp³-hybridized carbons (Fsp3) is 0.526. The summed E-state index contributed by atoms with van der Waals surface area (Å²) in [5.41, 5.74) is 0.293. The molecule has 1 aliphatic rings. The third-order valence-corrected chi connectivity index (χ3v) is 6.81. The zero-order chi connectivity index (χ0) is 20.9. The minimum absolute atomic E-state index is 0.0313. The highest BCUT2D eigenvalue weighted by Crippen LogP contribution is 2.31. The van der Waals surface area contributed by atoms with Crippen LogP contribution in [0.3, 0.4) is 0 Å². The van der Waals surface area contributed by atoms with Gasteiger partial charge in [-0.15, -0.1) is 0 Å². The SMILES string of the molecule is CN(C)S(=O)(=O)c1ccc(O)c2nc(N3CCNCCNCCNCC3)ccc12. The van der Waals surface area contributed by atoms with Gasteiger partial charge in [-0.05, 0) is 24.3 Å². The van der Waals surface area contributed by atoms with Gasteiger partial charge in [0, 0.05) is 71.8 Å². The van der Waals surface area contributed by atoms with Crippen molar-refractivity contribution in [2.75, 3.05) is 71.4 Å². The van der Waals surface area contributed by atoms with Crippen LogP contribution in [0.2, 0.25) is 0 Å². The normalized spacial score (nSPS) is 17.8. The van der Waals surface area contributed by atoms with E-state index in [1.54, 1.807) is 6.07 Å². The number of phenols is 1. The molecule has 4 N–H and O–H groups in total. The first-order chi connectivity index (χ1) is 13.9. The fourth-order valence-corrected chi connectivity index (χ4v) is 4.34. The minimum atomic E-state index is -3.64. The summed E-state index contributed by atoms with van der Waals surface area (Å²) in [5.74, 6) is 0.683. The maximum Gasteiger partial charge on any atom is 0.243 e. The summed E-state index contributed by atoms with van der Waals surface area (Å²) < 4.78 is 26.4. The zero-order valence-electron chi connectivity index (χ0n) is 17.0. The van der Waals surface area contributed by atoms with Crippen LogP contribution in [0.15, 0.2) is 29.2 Å². The van der Waals surface area contributed by atoms with Crippen molar-refractivity contribution >= 4 is 26.7 Å². The second kappa shape index (κ2) is 9.68. The van der Waals surface area contributed by atoms with E-state index >= 15 is 0 Å². The van der Waals surface area contributed by atoms with E-state index in [4.69, 9.17) is 0 Å². The molecule has 9 nitrogen and oxygen atoms in total. The third-order valence-electron chi connectivity index (χ3n) is 4.94. The number of benzene rings is 1. The molecule has 1 fully saturated rings. The van der Waals surface area contributed by atoms with Crippen LogP contribution >= 0.6 is 0 Å². The Morgan fingerprint density at radius 3 is 2.10 bits per heavy atom. The Morgan fingerprint density at radius 1 is 0.931 bits per heavy atom. The monoisotopic (exact) mass is 422 g/mol. The quantitative estimate of drug-likeness (QED) is 0.538. The molecule has 1 aromatic heterocycles. The number of hydrogen-bond acceptors (Lipinski definition) is 8. The van der Waals surface area contributed by atoms with Gasteiger partial charge in [-0.2, -0.15) is 0 Å². The molecule has 2 heterocycles. The van der Waals surface area contributed by atoms with Gasteiger partial charge in [0.25, 0.3) is 0 Å². The molecule has 1 aliphatic heterocycles. The number of nitrogens with zero attached hydrogens (tertiary/aromatic N) is 3. The van der Waals surface area contributed by atoms with Gasteiger partial charge in [-0.1, -0.05) is 0 Å². The second-order valence-electron chi connectivity index (χ2n) is 7.17. The number of hydrogen-bond donors (Lipinski definition) is 4. The molecule has 0 spiro atoms. The van der Waals surface area contributed by atoms with Crippen LogP contribution in [0.25, 0.3) is 10.9 Å². The van der Waals surface area contributed by atoms with Crippen LogP contribution in [0.5, 0.6) is 5.75 Å². The maximum absolute atomic E-state index is 12.6. The minimum Gasteiger partial charge on any atom is -0.506 e. The number of rotatable bonds is 3. The summed E-state index contributed by atoms with van der Waals surface area (Å²) in [4.78, 5) is 6.90. The predicted octanol–water partition coefficient (Wildman–Crippen LogP) is -0.220. The second-order valence-corrected chi connectivity index (χ2v) is 9.29. The molecule has 0 radical (unpaired) electrons. The lowest BCUT2D eigenvalue weighted by atomic mass is 10.2. The maximum atomic E-state index is 12.6. The molecule has 0 aliphatic carbocycles. The largest absolute Gasteiger partial charge is 0.506 e. The lowest BCUT2D eigenvalue weighted by molar-refractivity contribution is 0.479. The molecule has 29 heavy (non-hydrogen) atoms. The van der Waals surface area contributed by atoms with E-state index in [2.05, 4.69) is 25.8 Å². The predicted molar refractivity (Wildman–Crippen MR) is 115 cm³/mol. The van der Waals surface area contributed by atoms with Gasteiger partial charge in [0.05, 0.1) is 4.90 Å². The van der Waals surface area contributed by atoms with E-state index in [-0.39, 0.29) is 10.6 Å². The molecule has 0 bridgehead atoms. The van der Waals surface area contributed by atoms with Crippen molar-refractivity contribution in [3.63, 3.8) is 0 Å². The van der Waals surface area contributed by atoms with E-state index in [1.165, 1.54) is 26.2 Å². The molecule has 10 heteroatoms. The van der Waals surface area contributed by atoms with Gasteiger partial charge in [0.15, 0.2) is 0 Å². The number of nitrogens with one attached hydrogen (secondary N) is 3. The summed E-state index contributed by atoms with van der Waals surface area (Å²) in [5, 5.41) is 20.9. The van der Waals surface area contributed by atoms with Crippen molar-refractivity contribution in [3.05, 3.63) is 24.3 Å². The van der Waals surface area contributed by atoms with E-state index in [9.17, 15) is 13.5 Å². The van der Waals surface area contributed by atoms with Crippen LogP contribution in [-0.2, 0) is 10.0 Å². The Labute approximate surface area is 172 Å². The van der Waals surface area contributed by atoms with Gasteiger partial charge < -0.3 is 26.0 Å². The first kappa shape index (κ1) is 21.7. The standard InChI is InChI=1S/C19H30N6O3S/c1-24(2)29(27,28)17-5-4-16(26)19-15(17)3-6-18(23-19)25-13-11-21-9-7-20-8-10-22-12-14-25/h3-6,20-22,26H,7-14H2,1-2H3. The highest BCUT2D eigenvalue weighted by Gasteiger charge is 2.22. The van der Waals surface area contributed by atoms with Gasteiger partial charge in [0.1, 0.15) is 17.1 Å². The number of fused-ring (bicyclic) bond motifs is 1. The topological polar surface area (TPSA) is 110 Å². The molecule has 1 aromatic carbocycles. The Morgan fingerprint density at radius 2 is 1.52 bits per heavy atom. The molecule has 0 atom stereocenters. The van der Waals surface area contributed by atoms with Crippen molar-refractivity contribution in [2.45, 2.75) is 4.90 Å². The number of pyridine rings is 1. The summed E-state index contributed by atoms with van der Waals surface area (Å²) in [6, 6.07) is 6.37. The molecule has 1 saturated heterocycles. The van der Waals surface area contributed by atoms with Crippen molar-refractivity contribution in [1.82, 2.24) is 25.2 Å². The van der Waals surface area contributed by atoms with Gasteiger partial charge in [-0.25, -0.2) is 17.7 Å². The Kier molecular flexibility index (Phi) is 7.25. The first-order valence-electron chi connectivity index (χ1n) is 9.83. The molecule has 160 valence electrons. The summed E-state index contributed by atoms with van der Waals surface area (Å²) in [7, 11) is -0.666. The lowest BCUT2D eigenvalue weighted by Crippen LogP contribution is -2.42. The Hall–Kier alpha value is -1.98. The number of aromatic nitrogens is 1. The zero-order valence-corrected chi connectivity index (χ0v) is 17.8. The highest BCUT2D eigenvalue weighted by molar-refractivity contribution is 7.89. The summed E-state index contributed by atoms with van der Waals surface area (Å²) >= 11 is 0. The fourth-order valence-electron chi connectivity index (χ4n) is 3.26. The van der Waals surface area contributed by atoms with Crippen molar-refractivity contribution in [1.29, 1.82) is 0 Å². The number of phenolic OH excluding ortho intramolecular Hbond substituents is 1. The number of anilines is 1. The molecule has 0 saturated carbocycles. The molecule has 2 aromatic rings. The van der Waals surface area contributed by atoms with Crippen molar-refractivity contribution in [3.8, 4) is 5.75 Å². The average molecular weight is 423 g/mol. The Bertz CT molecular complexity index is 923. The molecule has 0 amide bonds. The van der Waals surface area contributed by atoms with E-state index < -0.39 is 10.0 Å². The highest BCUT2D eigenvalue weighted by atomic mass is 32.2. The van der Waals surface area contributed by atoms with Gasteiger partial charge >= 0.3 is 0 Å². The molecular formula is C19H30N6O3S. The summed E-state index contributed by atoms with van der Waals surface area (Å²) in [6.07, 6.45) is 0. The number of aromatic hydroxyl groups is 1. The smallest absolute Gasteiger partial charge is 0.243 e.